The molecule has 3 heteroatoms. The number of unbranched alkanes of at least 4 members (excludes halogenated alkanes) is 1. The molecule has 0 bridgehead atoms. The first-order valence-electron chi connectivity index (χ1n) is 11.1. The van der Waals surface area contributed by atoms with Crippen LogP contribution in [0.15, 0.2) is 64.7 Å². The molecule has 1 aromatic rings. The molecular weight excluding hydrogens is 354 g/mol. The van der Waals surface area contributed by atoms with Crippen molar-refractivity contribution in [2.75, 3.05) is 25.0 Å². The van der Waals surface area contributed by atoms with Crippen LogP contribution in [0.5, 0.6) is 0 Å². The Labute approximate surface area is 178 Å². The zero-order valence-electron chi connectivity index (χ0n) is 18.8. The first-order chi connectivity index (χ1) is 14.0. The minimum Gasteiger partial charge on any atom is -0.368 e. The lowest BCUT2D eigenvalue weighted by Crippen LogP contribution is -2.34. The molecule has 0 aromatic heterocycles. The van der Waals surface area contributed by atoms with Crippen molar-refractivity contribution in [3.63, 3.8) is 0 Å². The zero-order valence-corrected chi connectivity index (χ0v) is 18.8. The molecule has 0 saturated heterocycles. The summed E-state index contributed by atoms with van der Waals surface area (Å²) in [6, 6.07) is 9.39. The van der Waals surface area contributed by atoms with Gasteiger partial charge in [-0.05, 0) is 67.3 Å². The zero-order chi connectivity index (χ0) is 21.1. The average molecular weight is 394 g/mol. The number of nitrogens with one attached hydrogen (secondary N) is 1. The minimum absolute atomic E-state index is 0.365. The molecule has 0 saturated carbocycles. The Bertz CT molecular complexity index is 710. The van der Waals surface area contributed by atoms with Gasteiger partial charge in [0.05, 0.1) is 12.6 Å². The van der Waals surface area contributed by atoms with Gasteiger partial charge in [0.15, 0.2) is 0 Å². The van der Waals surface area contributed by atoms with Gasteiger partial charge in [-0.15, -0.1) is 0 Å². The summed E-state index contributed by atoms with van der Waals surface area (Å²) in [5, 5.41) is 3.52. The van der Waals surface area contributed by atoms with Crippen LogP contribution in [0.4, 0.5) is 5.69 Å². The number of anilines is 1. The van der Waals surface area contributed by atoms with Gasteiger partial charge >= 0.3 is 0 Å². The first-order valence-corrected chi connectivity index (χ1v) is 11.1. The highest BCUT2D eigenvalue weighted by Crippen LogP contribution is 2.27. The van der Waals surface area contributed by atoms with Crippen LogP contribution in [-0.4, -0.2) is 32.9 Å². The minimum atomic E-state index is 0.365. The van der Waals surface area contributed by atoms with E-state index >= 15 is 0 Å². The van der Waals surface area contributed by atoms with E-state index in [9.17, 15) is 0 Å². The number of nitrogens with zero attached hydrogens (tertiary/aromatic N) is 2. The Morgan fingerprint density at radius 3 is 2.55 bits per heavy atom. The Hall–Kier alpha value is -2.13. The fourth-order valence-electron chi connectivity index (χ4n) is 3.71. The monoisotopic (exact) mass is 393 g/mol. The predicted molar refractivity (Wildman–Crippen MR) is 129 cm³/mol. The Morgan fingerprint density at radius 1 is 1.14 bits per heavy atom. The van der Waals surface area contributed by atoms with E-state index < -0.39 is 0 Å². The lowest BCUT2D eigenvalue weighted by molar-refractivity contribution is 0.521. The largest absolute Gasteiger partial charge is 0.368 e. The Kier molecular flexibility index (Phi) is 9.93. The lowest BCUT2D eigenvalue weighted by atomic mass is 9.94. The predicted octanol–water partition coefficient (Wildman–Crippen LogP) is 5.94. The molecule has 0 aliphatic heterocycles. The van der Waals surface area contributed by atoms with Crippen molar-refractivity contribution in [2.24, 2.45) is 10.9 Å². The first kappa shape index (κ1) is 23.2. The van der Waals surface area contributed by atoms with Crippen LogP contribution in [-0.2, 0) is 6.54 Å². The molecule has 29 heavy (non-hydrogen) atoms. The van der Waals surface area contributed by atoms with E-state index in [2.05, 4.69) is 98.3 Å². The summed E-state index contributed by atoms with van der Waals surface area (Å²) < 4.78 is 0. The van der Waals surface area contributed by atoms with Crippen LogP contribution in [0, 0.1) is 5.92 Å². The van der Waals surface area contributed by atoms with Crippen molar-refractivity contribution in [1.82, 2.24) is 5.32 Å². The molecular formula is C26H39N3. The second kappa shape index (κ2) is 12.4. The number of aliphatic imine (C=N–C) groups is 1. The molecule has 0 heterocycles. The van der Waals surface area contributed by atoms with Gasteiger partial charge in [-0.1, -0.05) is 63.6 Å². The number of hydrogen-bond donors (Lipinski definition) is 1. The molecule has 1 aromatic carbocycles. The standard InChI is InChI=1S/C26H39N3/c1-6-7-17-28-20-23-12-15-25(16-13-23)29(5)26(18-21(2)3)24-10-8-9-22(11-14-24)19-27-4/h9-16,21,26,28H,4,6-8,17-20H2,1-3,5H3. The van der Waals surface area contributed by atoms with E-state index in [1.807, 2.05) is 0 Å². The van der Waals surface area contributed by atoms with Crippen molar-refractivity contribution in [2.45, 2.75) is 59.0 Å². The average Bonchev–Trinajstić information content (AvgIpc) is 2.95. The Balaban J connectivity index is 2.10. The highest BCUT2D eigenvalue weighted by molar-refractivity contribution is 5.51. The maximum Gasteiger partial charge on any atom is 0.0629 e. The van der Waals surface area contributed by atoms with Crippen LogP contribution in [0.3, 0.4) is 0 Å². The molecule has 0 spiro atoms. The van der Waals surface area contributed by atoms with Crippen molar-refractivity contribution >= 4 is 12.4 Å². The summed E-state index contributed by atoms with van der Waals surface area (Å²) in [5.74, 6) is 0.629. The van der Waals surface area contributed by atoms with Gasteiger partial charge in [-0.25, -0.2) is 0 Å². The third-order valence-corrected chi connectivity index (χ3v) is 5.44. The van der Waals surface area contributed by atoms with Gasteiger partial charge in [0, 0.05) is 19.3 Å². The van der Waals surface area contributed by atoms with Crippen molar-refractivity contribution < 1.29 is 0 Å². The fraction of sp³-hybridized carbons (Fsp3) is 0.500. The van der Waals surface area contributed by atoms with Gasteiger partial charge in [0.1, 0.15) is 0 Å². The van der Waals surface area contributed by atoms with E-state index in [4.69, 9.17) is 0 Å². The summed E-state index contributed by atoms with van der Waals surface area (Å²) >= 11 is 0. The maximum atomic E-state index is 4.03. The van der Waals surface area contributed by atoms with Crippen LogP contribution < -0.4 is 10.2 Å². The van der Waals surface area contributed by atoms with E-state index in [0.29, 0.717) is 18.5 Å². The molecule has 3 nitrogen and oxygen atoms in total. The SMILES string of the molecule is C=NCC1=CCC=C(C(CC(C)C)N(C)c2ccc(CNCCCC)cc2)C=C1. The van der Waals surface area contributed by atoms with Gasteiger partial charge in [0.2, 0.25) is 0 Å². The highest BCUT2D eigenvalue weighted by atomic mass is 15.1. The molecule has 1 N–H and O–H groups in total. The van der Waals surface area contributed by atoms with E-state index in [1.165, 1.54) is 35.2 Å². The molecule has 0 fully saturated rings. The molecule has 0 amide bonds. The van der Waals surface area contributed by atoms with E-state index in [-0.39, 0.29) is 0 Å². The Morgan fingerprint density at radius 2 is 1.90 bits per heavy atom. The number of likely N-dealkylation sites (N-methyl/N-ethyl adjacent to an activating group) is 1. The summed E-state index contributed by atoms with van der Waals surface area (Å²) in [4.78, 5) is 6.47. The summed E-state index contributed by atoms with van der Waals surface area (Å²) in [5.41, 5.74) is 5.25. The maximum absolute atomic E-state index is 4.03. The van der Waals surface area contributed by atoms with E-state index in [1.54, 1.807) is 0 Å². The normalized spacial score (nSPS) is 14.9. The third-order valence-electron chi connectivity index (χ3n) is 5.44. The second-order valence-corrected chi connectivity index (χ2v) is 8.39. The van der Waals surface area contributed by atoms with Crippen LogP contribution in [0.2, 0.25) is 0 Å². The summed E-state index contributed by atoms with van der Waals surface area (Å²) in [6.07, 6.45) is 13.7. The number of allylic oxidation sites excluding steroid dienone is 2. The van der Waals surface area contributed by atoms with Crippen molar-refractivity contribution in [1.29, 1.82) is 0 Å². The topological polar surface area (TPSA) is 27.6 Å². The third kappa shape index (κ3) is 7.66. The van der Waals surface area contributed by atoms with Crippen molar-refractivity contribution in [3.8, 4) is 0 Å². The molecule has 1 aliphatic rings. The van der Waals surface area contributed by atoms with Crippen molar-refractivity contribution in [3.05, 3.63) is 65.3 Å². The lowest BCUT2D eigenvalue weighted by Gasteiger charge is -2.33. The van der Waals surface area contributed by atoms with Gasteiger partial charge in [-0.2, -0.15) is 0 Å². The molecule has 0 radical (unpaired) electrons. The van der Waals surface area contributed by atoms with E-state index in [0.717, 1.165) is 25.9 Å². The summed E-state index contributed by atoms with van der Waals surface area (Å²) in [7, 11) is 2.22. The fourth-order valence-corrected chi connectivity index (χ4v) is 3.71. The van der Waals surface area contributed by atoms with Gasteiger partial charge in [-0.3, -0.25) is 4.99 Å². The van der Waals surface area contributed by atoms with Crippen LogP contribution in [0.1, 0.15) is 52.0 Å². The smallest absolute Gasteiger partial charge is 0.0629 e. The van der Waals surface area contributed by atoms with Gasteiger partial charge in [0.25, 0.3) is 0 Å². The molecule has 1 atom stereocenters. The molecule has 1 unspecified atom stereocenters. The van der Waals surface area contributed by atoms with Crippen LogP contribution in [0.25, 0.3) is 0 Å². The second-order valence-electron chi connectivity index (χ2n) is 8.39. The number of hydrogen-bond acceptors (Lipinski definition) is 3. The molecule has 158 valence electrons. The number of benzene rings is 1. The number of rotatable bonds is 12. The summed E-state index contributed by atoms with van der Waals surface area (Å²) in [6.45, 7) is 13.2. The highest BCUT2D eigenvalue weighted by Gasteiger charge is 2.20. The molecule has 1 aliphatic carbocycles. The van der Waals surface area contributed by atoms with Gasteiger partial charge < -0.3 is 10.2 Å². The van der Waals surface area contributed by atoms with Crippen LogP contribution >= 0.6 is 0 Å². The quantitative estimate of drug-likeness (QED) is 0.351. The molecule has 2 rings (SSSR count).